The molecule has 1 fully saturated rings. The minimum absolute atomic E-state index is 0.230. The van der Waals surface area contributed by atoms with Gasteiger partial charge in [-0.1, -0.05) is 26.7 Å². The van der Waals surface area contributed by atoms with Crippen molar-refractivity contribution >= 4 is 23.5 Å². The van der Waals surface area contributed by atoms with Gasteiger partial charge in [0.1, 0.15) is 0 Å². The third-order valence-electron chi connectivity index (χ3n) is 3.59. The van der Waals surface area contributed by atoms with Gasteiger partial charge in [0.25, 0.3) is 0 Å². The van der Waals surface area contributed by atoms with Gasteiger partial charge < -0.3 is 15.0 Å². The molecule has 7 heteroatoms. The molecule has 20 heavy (non-hydrogen) atoms. The van der Waals surface area contributed by atoms with Crippen LogP contribution in [0.4, 0.5) is 11.9 Å². The largest absolute Gasteiger partial charge is 0.378 e. The molecule has 112 valence electrons. The summed E-state index contributed by atoms with van der Waals surface area (Å²) in [5, 5.41) is 3.49. The van der Waals surface area contributed by atoms with E-state index in [2.05, 4.69) is 39.0 Å². The Bertz CT molecular complexity index is 421. The highest BCUT2D eigenvalue weighted by molar-refractivity contribution is 6.28. The zero-order valence-corrected chi connectivity index (χ0v) is 12.9. The number of anilines is 2. The van der Waals surface area contributed by atoms with E-state index in [1.54, 1.807) is 0 Å². The lowest BCUT2D eigenvalue weighted by molar-refractivity contribution is 0.122. The van der Waals surface area contributed by atoms with Gasteiger partial charge in [0.05, 0.1) is 13.2 Å². The fourth-order valence-corrected chi connectivity index (χ4v) is 2.29. The lowest BCUT2D eigenvalue weighted by Gasteiger charge is -2.26. The van der Waals surface area contributed by atoms with Crippen molar-refractivity contribution in [1.29, 1.82) is 0 Å². The summed E-state index contributed by atoms with van der Waals surface area (Å²) < 4.78 is 5.33. The Hall–Kier alpha value is -1.14. The van der Waals surface area contributed by atoms with E-state index in [4.69, 9.17) is 16.3 Å². The molecular formula is C13H22ClN5O. The van der Waals surface area contributed by atoms with Crippen LogP contribution in [-0.2, 0) is 4.74 Å². The predicted octanol–water partition coefficient (Wildman–Crippen LogP) is 2.21. The quantitative estimate of drug-likeness (QED) is 0.869. The van der Waals surface area contributed by atoms with Crippen molar-refractivity contribution in [2.24, 2.45) is 5.92 Å². The first-order valence-corrected chi connectivity index (χ1v) is 7.58. The maximum absolute atomic E-state index is 5.99. The highest BCUT2D eigenvalue weighted by Crippen LogP contribution is 2.16. The van der Waals surface area contributed by atoms with Crippen molar-refractivity contribution in [1.82, 2.24) is 15.0 Å². The van der Waals surface area contributed by atoms with Crippen LogP contribution >= 0.6 is 11.6 Å². The second kappa shape index (κ2) is 7.59. The Morgan fingerprint density at radius 2 is 1.90 bits per heavy atom. The Kier molecular flexibility index (Phi) is 5.79. The van der Waals surface area contributed by atoms with Crippen LogP contribution in [0.2, 0.25) is 5.28 Å². The summed E-state index contributed by atoms with van der Waals surface area (Å²) in [7, 11) is 0. The van der Waals surface area contributed by atoms with Gasteiger partial charge >= 0.3 is 0 Å². The van der Waals surface area contributed by atoms with Gasteiger partial charge in [-0.25, -0.2) is 0 Å². The van der Waals surface area contributed by atoms with Crippen LogP contribution in [0.3, 0.4) is 0 Å². The monoisotopic (exact) mass is 299 g/mol. The Balaban J connectivity index is 2.03. The van der Waals surface area contributed by atoms with Gasteiger partial charge in [-0.2, -0.15) is 15.0 Å². The molecule has 1 aromatic heterocycles. The van der Waals surface area contributed by atoms with Crippen molar-refractivity contribution in [2.75, 3.05) is 43.1 Å². The summed E-state index contributed by atoms with van der Waals surface area (Å²) in [6, 6.07) is 0. The van der Waals surface area contributed by atoms with Crippen LogP contribution in [0, 0.1) is 5.92 Å². The molecule has 0 unspecified atom stereocenters. The number of halogens is 1. The first-order valence-electron chi connectivity index (χ1n) is 7.21. The second-order valence-corrected chi connectivity index (χ2v) is 5.23. The number of rotatable bonds is 6. The summed E-state index contributed by atoms with van der Waals surface area (Å²) in [6.07, 6.45) is 2.28. The van der Waals surface area contributed by atoms with Gasteiger partial charge in [-0.3, -0.25) is 0 Å². The second-order valence-electron chi connectivity index (χ2n) is 4.89. The van der Waals surface area contributed by atoms with Crippen LogP contribution in [-0.4, -0.2) is 47.8 Å². The van der Waals surface area contributed by atoms with Crippen molar-refractivity contribution in [3.8, 4) is 0 Å². The van der Waals surface area contributed by atoms with Gasteiger partial charge in [0.2, 0.25) is 17.2 Å². The van der Waals surface area contributed by atoms with Crippen LogP contribution in [0.1, 0.15) is 26.7 Å². The third kappa shape index (κ3) is 4.18. The van der Waals surface area contributed by atoms with E-state index in [9.17, 15) is 0 Å². The molecule has 1 aliphatic heterocycles. The summed E-state index contributed by atoms with van der Waals surface area (Å²) in [4.78, 5) is 14.9. The smallest absolute Gasteiger partial charge is 0.231 e. The van der Waals surface area contributed by atoms with Gasteiger partial charge in [-0.05, 0) is 17.5 Å². The number of nitrogens with one attached hydrogen (secondary N) is 1. The molecule has 1 aliphatic rings. The van der Waals surface area contributed by atoms with Gasteiger partial charge in [0, 0.05) is 19.6 Å². The molecule has 6 nitrogen and oxygen atoms in total. The lowest BCUT2D eigenvalue weighted by Crippen LogP contribution is -2.37. The lowest BCUT2D eigenvalue weighted by atomic mass is 10.0. The van der Waals surface area contributed by atoms with E-state index in [0.717, 1.165) is 32.5 Å². The molecule has 0 radical (unpaired) electrons. The summed E-state index contributed by atoms with van der Waals surface area (Å²) in [5.74, 6) is 1.80. The Morgan fingerprint density at radius 3 is 2.55 bits per heavy atom. The molecule has 1 saturated heterocycles. The zero-order chi connectivity index (χ0) is 14.4. The molecule has 0 aliphatic carbocycles. The topological polar surface area (TPSA) is 63.2 Å². The summed E-state index contributed by atoms with van der Waals surface area (Å²) in [5.41, 5.74) is 0. The molecule has 0 spiro atoms. The van der Waals surface area contributed by atoms with Crippen LogP contribution in [0.25, 0.3) is 0 Å². The van der Waals surface area contributed by atoms with Gasteiger partial charge in [-0.15, -0.1) is 0 Å². The molecule has 0 atom stereocenters. The number of nitrogens with zero attached hydrogens (tertiary/aromatic N) is 4. The number of ether oxygens (including phenoxy) is 1. The maximum atomic E-state index is 5.99. The minimum Gasteiger partial charge on any atom is -0.378 e. The average Bonchev–Trinajstić information content (AvgIpc) is 2.49. The molecule has 1 aromatic rings. The van der Waals surface area contributed by atoms with E-state index in [0.29, 0.717) is 31.0 Å². The number of morpholine rings is 1. The van der Waals surface area contributed by atoms with Crippen LogP contribution < -0.4 is 10.2 Å². The van der Waals surface area contributed by atoms with E-state index in [1.807, 2.05) is 0 Å². The fraction of sp³-hybridized carbons (Fsp3) is 0.769. The zero-order valence-electron chi connectivity index (χ0n) is 12.1. The number of hydrogen-bond donors (Lipinski definition) is 1. The van der Waals surface area contributed by atoms with E-state index >= 15 is 0 Å². The maximum Gasteiger partial charge on any atom is 0.231 e. The highest BCUT2D eigenvalue weighted by atomic mass is 35.5. The Morgan fingerprint density at radius 1 is 1.20 bits per heavy atom. The van der Waals surface area contributed by atoms with E-state index in [-0.39, 0.29) is 5.28 Å². The van der Waals surface area contributed by atoms with Crippen molar-refractivity contribution in [3.63, 3.8) is 0 Å². The molecule has 0 amide bonds. The molecule has 0 aromatic carbocycles. The van der Waals surface area contributed by atoms with Crippen LogP contribution in [0.5, 0.6) is 0 Å². The van der Waals surface area contributed by atoms with E-state index in [1.165, 1.54) is 0 Å². The molecular weight excluding hydrogens is 278 g/mol. The van der Waals surface area contributed by atoms with Crippen molar-refractivity contribution in [3.05, 3.63) is 5.28 Å². The Labute approximate surface area is 124 Å². The van der Waals surface area contributed by atoms with Crippen molar-refractivity contribution in [2.45, 2.75) is 26.7 Å². The fourth-order valence-electron chi connectivity index (χ4n) is 2.14. The molecule has 0 saturated carbocycles. The molecule has 2 rings (SSSR count). The number of hydrogen-bond acceptors (Lipinski definition) is 6. The summed E-state index contributed by atoms with van der Waals surface area (Å²) in [6.45, 7) is 8.19. The molecule has 2 heterocycles. The predicted molar refractivity (Wildman–Crippen MR) is 80.4 cm³/mol. The van der Waals surface area contributed by atoms with E-state index < -0.39 is 0 Å². The average molecular weight is 300 g/mol. The minimum atomic E-state index is 0.230. The van der Waals surface area contributed by atoms with Crippen LogP contribution in [0.15, 0.2) is 0 Å². The standard InChI is InChI=1S/C13H22ClN5O/c1-3-10(4-2)9-15-12-16-11(14)17-13(18-12)19-5-7-20-8-6-19/h10H,3-9H2,1-2H3,(H,15,16,17,18). The third-order valence-corrected chi connectivity index (χ3v) is 3.76. The van der Waals surface area contributed by atoms with Crippen molar-refractivity contribution < 1.29 is 4.74 Å². The number of aromatic nitrogens is 3. The first-order chi connectivity index (χ1) is 9.72. The summed E-state index contributed by atoms with van der Waals surface area (Å²) >= 11 is 5.99. The first kappa shape index (κ1) is 15.3. The SMILES string of the molecule is CCC(CC)CNc1nc(Cl)nc(N2CCOCC2)n1. The van der Waals surface area contributed by atoms with Gasteiger partial charge in [0.15, 0.2) is 0 Å². The normalized spacial score (nSPS) is 15.7. The highest BCUT2D eigenvalue weighted by Gasteiger charge is 2.16. The molecule has 0 bridgehead atoms. The molecule has 1 N–H and O–H groups in total.